The number of carbonyl (C=O) groups is 7. The molecule has 1 saturated heterocycles. The van der Waals surface area contributed by atoms with Gasteiger partial charge in [-0.1, -0.05) is 44.2 Å². The quantitative estimate of drug-likeness (QED) is 0.198. The molecule has 2 N–H and O–H groups in total. The van der Waals surface area contributed by atoms with Crippen LogP contribution in [0.4, 0.5) is 0 Å². The van der Waals surface area contributed by atoms with Crippen LogP contribution in [0.25, 0.3) is 0 Å². The van der Waals surface area contributed by atoms with Crippen molar-refractivity contribution in [3.63, 3.8) is 0 Å². The van der Waals surface area contributed by atoms with Crippen LogP contribution in [0.15, 0.2) is 30.3 Å². The van der Waals surface area contributed by atoms with Crippen LogP contribution in [0.1, 0.15) is 64.9 Å². The summed E-state index contributed by atoms with van der Waals surface area (Å²) >= 11 is 5.80. The van der Waals surface area contributed by atoms with Crippen LogP contribution in [0, 0.1) is 11.8 Å². The third-order valence-electron chi connectivity index (χ3n) is 7.55. The van der Waals surface area contributed by atoms with Crippen LogP contribution in [0.3, 0.4) is 0 Å². The number of alkyl halides is 1. The summed E-state index contributed by atoms with van der Waals surface area (Å²) in [5.74, 6) is -4.49. The average molecular weight is 620 g/mol. The second-order valence-corrected chi connectivity index (χ2v) is 11.3. The fourth-order valence-electron chi connectivity index (χ4n) is 4.92. The molecule has 43 heavy (non-hydrogen) atoms. The molecule has 1 aromatic rings. The van der Waals surface area contributed by atoms with Gasteiger partial charge < -0.3 is 20.3 Å². The van der Waals surface area contributed by atoms with Crippen LogP contribution in [-0.2, 0) is 44.7 Å². The van der Waals surface area contributed by atoms with Gasteiger partial charge in [0, 0.05) is 37.6 Å². The van der Waals surface area contributed by atoms with Gasteiger partial charge in [-0.05, 0) is 31.7 Å². The molecule has 0 spiro atoms. The summed E-state index contributed by atoms with van der Waals surface area (Å²) in [6.07, 6.45) is 0.953. The van der Waals surface area contributed by atoms with Crippen molar-refractivity contribution in [1.29, 1.82) is 0 Å². The molecule has 1 heterocycles. The van der Waals surface area contributed by atoms with Crippen molar-refractivity contribution in [2.75, 3.05) is 19.5 Å². The third-order valence-corrected chi connectivity index (χ3v) is 7.81. The molecule has 5 atom stereocenters. The summed E-state index contributed by atoms with van der Waals surface area (Å²) in [6, 6.07) is 6.72. The van der Waals surface area contributed by atoms with E-state index in [1.807, 2.05) is 30.3 Å². The molecule has 1 aliphatic heterocycles. The Morgan fingerprint density at radius 2 is 1.60 bits per heavy atom. The Labute approximate surface area is 257 Å². The largest absolute Gasteiger partial charge is 0.469 e. The van der Waals surface area contributed by atoms with Crippen molar-refractivity contribution in [2.45, 2.75) is 83.8 Å². The molecule has 3 amide bonds. The molecule has 12 heteroatoms. The topological polar surface area (TPSA) is 156 Å². The van der Waals surface area contributed by atoms with Crippen LogP contribution >= 0.6 is 11.6 Å². The van der Waals surface area contributed by atoms with Crippen molar-refractivity contribution < 1.29 is 38.3 Å². The monoisotopic (exact) mass is 619 g/mol. The fourth-order valence-corrected chi connectivity index (χ4v) is 5.11. The Morgan fingerprint density at radius 1 is 0.930 bits per heavy atom. The minimum atomic E-state index is -0.895. The predicted octanol–water partition coefficient (Wildman–Crippen LogP) is 2.16. The highest BCUT2D eigenvalue weighted by molar-refractivity contribution is 6.28. The molecule has 11 nitrogen and oxygen atoms in total. The summed E-state index contributed by atoms with van der Waals surface area (Å²) in [7, 11) is 1.23. The van der Waals surface area contributed by atoms with Gasteiger partial charge in [-0.25, -0.2) is 0 Å². The number of likely N-dealkylation sites (tertiary alicyclic amines) is 1. The maximum Gasteiger partial charge on any atom is 0.305 e. The van der Waals surface area contributed by atoms with E-state index in [4.69, 9.17) is 11.6 Å². The number of nitrogens with one attached hydrogen (secondary N) is 2. The summed E-state index contributed by atoms with van der Waals surface area (Å²) < 4.78 is 4.51. The lowest BCUT2D eigenvalue weighted by molar-refractivity contribution is -0.143. The lowest BCUT2D eigenvalue weighted by Gasteiger charge is -2.28. The molecule has 1 aromatic carbocycles. The minimum absolute atomic E-state index is 0.0371. The zero-order chi connectivity index (χ0) is 32.1. The second-order valence-electron chi connectivity index (χ2n) is 11.1. The number of ether oxygens (including phenoxy) is 1. The first-order valence-corrected chi connectivity index (χ1v) is 15.1. The van der Waals surface area contributed by atoms with Gasteiger partial charge in [0.1, 0.15) is 11.8 Å². The van der Waals surface area contributed by atoms with Crippen LogP contribution < -0.4 is 10.6 Å². The van der Waals surface area contributed by atoms with Gasteiger partial charge in [0.15, 0.2) is 11.6 Å². The fraction of sp³-hybridized carbons (Fsp3) is 0.581. The number of carbonyl (C=O) groups excluding carboxylic acids is 7. The molecular formula is C31H42ClN3O8. The smallest absolute Gasteiger partial charge is 0.305 e. The highest BCUT2D eigenvalue weighted by Gasteiger charge is 2.38. The molecule has 1 aliphatic rings. The molecule has 0 saturated carbocycles. The first-order valence-electron chi connectivity index (χ1n) is 14.5. The Hall–Kier alpha value is -3.60. The van der Waals surface area contributed by atoms with Crippen molar-refractivity contribution in [2.24, 2.45) is 11.8 Å². The second kappa shape index (κ2) is 17.5. The van der Waals surface area contributed by atoms with E-state index in [9.17, 15) is 33.6 Å². The lowest BCUT2D eigenvalue weighted by Crippen LogP contribution is -2.52. The van der Waals surface area contributed by atoms with E-state index < -0.39 is 47.7 Å². The number of hydrogen-bond donors (Lipinski definition) is 2. The Bertz CT molecular complexity index is 1170. The number of rotatable bonds is 17. The Balaban J connectivity index is 1.92. The van der Waals surface area contributed by atoms with E-state index in [1.54, 1.807) is 13.8 Å². The van der Waals surface area contributed by atoms with E-state index in [1.165, 1.54) is 18.9 Å². The Morgan fingerprint density at radius 3 is 2.23 bits per heavy atom. The van der Waals surface area contributed by atoms with Crippen molar-refractivity contribution in [3.05, 3.63) is 35.9 Å². The summed E-state index contributed by atoms with van der Waals surface area (Å²) in [6.45, 7) is 5.00. The van der Waals surface area contributed by atoms with Gasteiger partial charge in [0.05, 0.1) is 31.5 Å². The van der Waals surface area contributed by atoms with Gasteiger partial charge >= 0.3 is 5.97 Å². The number of amides is 3. The van der Waals surface area contributed by atoms with E-state index in [2.05, 4.69) is 15.4 Å². The summed E-state index contributed by atoms with van der Waals surface area (Å²) in [5.41, 5.74) is 0.860. The number of hydrogen-bond acceptors (Lipinski definition) is 8. The predicted molar refractivity (Wildman–Crippen MR) is 159 cm³/mol. The molecule has 0 radical (unpaired) electrons. The maximum absolute atomic E-state index is 13.3. The van der Waals surface area contributed by atoms with Crippen LogP contribution in [0.2, 0.25) is 0 Å². The van der Waals surface area contributed by atoms with Crippen molar-refractivity contribution in [3.8, 4) is 0 Å². The molecule has 0 bridgehead atoms. The minimum Gasteiger partial charge on any atom is -0.469 e. The Kier molecular flexibility index (Phi) is 14.5. The van der Waals surface area contributed by atoms with Crippen molar-refractivity contribution in [1.82, 2.24) is 15.5 Å². The van der Waals surface area contributed by atoms with Crippen molar-refractivity contribution >= 4 is 52.6 Å². The lowest BCUT2D eigenvalue weighted by atomic mass is 9.97. The van der Waals surface area contributed by atoms with Gasteiger partial charge in [-0.15, -0.1) is 11.6 Å². The number of halogens is 1. The summed E-state index contributed by atoms with van der Waals surface area (Å²) in [5, 5.41) is 5.37. The average Bonchev–Trinajstić information content (AvgIpc) is 3.49. The number of benzene rings is 1. The highest BCUT2D eigenvalue weighted by atomic mass is 35.5. The first kappa shape index (κ1) is 35.6. The number of nitrogens with zero attached hydrogens (tertiary/aromatic N) is 1. The van der Waals surface area contributed by atoms with Gasteiger partial charge in [-0.3, -0.25) is 33.6 Å². The standard InChI is InChI=1S/C31H42ClN3O8/c1-19(15-23(36)12-13-28(39)43-4)29(40)33-21(3)26(37)16-20(2)31(42)35-14-8-11-25(35)30(41)34-24(27(38)18-32)17-22-9-6-5-7-10-22/h5-7,9-10,19-21,24-25H,8,11-18H2,1-4H3,(H,33,40)(H,34,41)/t19-,20-,21-,24?,25+/m1/s1. The third kappa shape index (κ3) is 11.2. The number of Topliss-reactive ketones (excluding diaryl/α,β-unsaturated/α-hetero) is 3. The molecule has 1 unspecified atom stereocenters. The molecule has 2 rings (SSSR count). The van der Waals surface area contributed by atoms with E-state index in [0.717, 1.165) is 5.56 Å². The zero-order valence-corrected chi connectivity index (χ0v) is 26.0. The normalized spacial score (nSPS) is 17.2. The van der Waals surface area contributed by atoms with Crippen LogP contribution in [0.5, 0.6) is 0 Å². The molecule has 0 aliphatic carbocycles. The van der Waals surface area contributed by atoms with E-state index in [-0.39, 0.29) is 61.2 Å². The van der Waals surface area contributed by atoms with E-state index >= 15 is 0 Å². The maximum atomic E-state index is 13.3. The van der Waals surface area contributed by atoms with Crippen LogP contribution in [-0.4, -0.2) is 83.6 Å². The number of esters is 1. The van der Waals surface area contributed by atoms with Gasteiger partial charge in [-0.2, -0.15) is 0 Å². The zero-order valence-electron chi connectivity index (χ0n) is 25.2. The highest BCUT2D eigenvalue weighted by Crippen LogP contribution is 2.22. The van der Waals surface area contributed by atoms with Gasteiger partial charge in [0.2, 0.25) is 17.7 Å². The molecule has 236 valence electrons. The number of methoxy groups -OCH3 is 1. The summed E-state index contributed by atoms with van der Waals surface area (Å²) in [4.78, 5) is 89.2. The van der Waals surface area contributed by atoms with E-state index in [0.29, 0.717) is 19.4 Å². The first-order chi connectivity index (χ1) is 20.4. The van der Waals surface area contributed by atoms with Gasteiger partial charge in [0.25, 0.3) is 0 Å². The SMILES string of the molecule is COC(=O)CCC(=O)C[C@@H](C)C(=O)N[C@H](C)C(=O)C[C@@H](C)C(=O)N1CCC[C@H]1C(=O)NC(Cc1ccccc1)C(=O)CCl. The number of ketones is 3. The molecular weight excluding hydrogens is 578 g/mol. The molecule has 1 fully saturated rings. The molecule has 0 aromatic heterocycles.